The first-order valence-electron chi connectivity index (χ1n) is 9.38. The van der Waals surface area contributed by atoms with E-state index < -0.39 is 0 Å². The second kappa shape index (κ2) is 8.72. The van der Waals surface area contributed by atoms with Crippen LogP contribution in [0.1, 0.15) is 29.7 Å². The number of aromatic nitrogens is 2. The summed E-state index contributed by atoms with van der Waals surface area (Å²) >= 11 is 3.24. The van der Waals surface area contributed by atoms with Crippen LogP contribution < -0.4 is 4.90 Å². The van der Waals surface area contributed by atoms with Crippen molar-refractivity contribution in [2.75, 3.05) is 17.2 Å². The van der Waals surface area contributed by atoms with Crippen LogP contribution in [-0.4, -0.2) is 28.2 Å². The van der Waals surface area contributed by atoms with Gasteiger partial charge in [0.1, 0.15) is 16.2 Å². The van der Waals surface area contributed by atoms with Gasteiger partial charge < -0.3 is 4.90 Å². The van der Waals surface area contributed by atoms with E-state index in [1.807, 2.05) is 30.3 Å². The van der Waals surface area contributed by atoms with Crippen LogP contribution in [0.4, 0.5) is 5.69 Å². The lowest BCUT2D eigenvalue weighted by Crippen LogP contribution is -2.33. The third kappa shape index (κ3) is 3.89. The Labute approximate surface area is 172 Å². The van der Waals surface area contributed by atoms with E-state index in [0.717, 1.165) is 33.8 Å². The van der Waals surface area contributed by atoms with Gasteiger partial charge in [-0.2, -0.15) is 5.26 Å². The second-order valence-corrected chi connectivity index (χ2v) is 8.70. The van der Waals surface area contributed by atoms with Crippen molar-refractivity contribution in [1.82, 2.24) is 9.97 Å². The van der Waals surface area contributed by atoms with E-state index in [2.05, 4.69) is 16.0 Å². The van der Waals surface area contributed by atoms with E-state index in [1.54, 1.807) is 22.6 Å². The Morgan fingerprint density at radius 1 is 1.21 bits per heavy atom. The first-order chi connectivity index (χ1) is 13.8. The largest absolute Gasteiger partial charge is 0.311 e. The Kier molecular flexibility index (Phi) is 5.89. The average Bonchev–Trinajstić information content (AvgIpc) is 3.12. The number of hydrogen-bond acceptors (Lipinski definition) is 6. The smallest absolute Gasteiger partial charge is 0.237 e. The van der Waals surface area contributed by atoms with E-state index in [-0.39, 0.29) is 11.7 Å². The van der Waals surface area contributed by atoms with Gasteiger partial charge in [0.2, 0.25) is 5.91 Å². The maximum atomic E-state index is 12.9. The molecule has 0 spiro atoms. The van der Waals surface area contributed by atoms with Crippen LogP contribution in [0, 0.1) is 11.3 Å². The molecule has 0 unspecified atom stereocenters. The highest BCUT2D eigenvalue weighted by atomic mass is 32.2. The van der Waals surface area contributed by atoms with Crippen molar-refractivity contribution in [3.05, 3.63) is 47.1 Å². The topological polar surface area (TPSA) is 69.9 Å². The van der Waals surface area contributed by atoms with Crippen LogP contribution in [0.5, 0.6) is 0 Å². The SMILES string of the molecule is N#CCCN(C(=O)CSc1ncnc2sc3c(c12)CCCC3)c1ccccc1. The van der Waals surface area contributed by atoms with Gasteiger partial charge in [0.05, 0.1) is 18.2 Å². The van der Waals surface area contributed by atoms with Crippen molar-refractivity contribution >= 4 is 44.9 Å². The summed E-state index contributed by atoms with van der Waals surface area (Å²) in [7, 11) is 0. The number of carbonyl (C=O) groups is 1. The Morgan fingerprint density at radius 2 is 2.04 bits per heavy atom. The molecule has 2 heterocycles. The van der Waals surface area contributed by atoms with Crippen molar-refractivity contribution in [2.24, 2.45) is 0 Å². The number of thioether (sulfide) groups is 1. The molecule has 7 heteroatoms. The molecule has 2 aromatic heterocycles. The van der Waals surface area contributed by atoms with Gasteiger partial charge >= 0.3 is 0 Å². The molecule has 0 fully saturated rings. The van der Waals surface area contributed by atoms with E-state index in [1.165, 1.54) is 35.0 Å². The molecule has 0 bridgehead atoms. The molecule has 28 heavy (non-hydrogen) atoms. The molecule has 0 aliphatic heterocycles. The van der Waals surface area contributed by atoms with Gasteiger partial charge in [0, 0.05) is 22.5 Å². The molecule has 0 saturated heterocycles. The van der Waals surface area contributed by atoms with Crippen LogP contribution in [0.2, 0.25) is 0 Å². The second-order valence-electron chi connectivity index (χ2n) is 6.65. The lowest BCUT2D eigenvalue weighted by molar-refractivity contribution is -0.116. The Balaban J connectivity index is 1.55. The monoisotopic (exact) mass is 408 g/mol. The standard InChI is InChI=1S/C21H20N4OS2/c22-11-6-12-25(15-7-2-1-3-8-15)18(26)13-27-20-19-16-9-4-5-10-17(16)28-21(19)24-14-23-20/h1-3,7-8,14H,4-6,9-10,12-13H2. The summed E-state index contributed by atoms with van der Waals surface area (Å²) in [5.41, 5.74) is 2.20. The zero-order valence-corrected chi connectivity index (χ0v) is 17.1. The third-order valence-corrected chi connectivity index (χ3v) is 7.04. The molecule has 0 radical (unpaired) electrons. The van der Waals surface area contributed by atoms with Crippen LogP contribution in [0.15, 0.2) is 41.7 Å². The van der Waals surface area contributed by atoms with Gasteiger partial charge in [-0.3, -0.25) is 4.79 Å². The molecule has 3 aromatic rings. The summed E-state index contributed by atoms with van der Waals surface area (Å²) in [5, 5.41) is 11.0. The fourth-order valence-corrected chi connectivity index (χ4v) is 5.74. The number of rotatable bonds is 6. The first kappa shape index (κ1) is 18.9. The fraction of sp³-hybridized carbons (Fsp3) is 0.333. The van der Waals surface area contributed by atoms with Crippen LogP contribution in [0.25, 0.3) is 10.2 Å². The zero-order chi connectivity index (χ0) is 19.3. The Bertz CT molecular complexity index is 1030. The van der Waals surface area contributed by atoms with Gasteiger partial charge in [-0.15, -0.1) is 11.3 Å². The van der Waals surface area contributed by atoms with Gasteiger partial charge in [-0.05, 0) is 43.4 Å². The lowest BCUT2D eigenvalue weighted by Gasteiger charge is -2.21. The predicted octanol–water partition coefficient (Wildman–Crippen LogP) is 4.61. The van der Waals surface area contributed by atoms with E-state index in [4.69, 9.17) is 5.26 Å². The zero-order valence-electron chi connectivity index (χ0n) is 15.4. The van der Waals surface area contributed by atoms with Gasteiger partial charge in [0.15, 0.2) is 0 Å². The maximum Gasteiger partial charge on any atom is 0.237 e. The fourth-order valence-electron chi connectivity index (χ4n) is 3.55. The summed E-state index contributed by atoms with van der Waals surface area (Å²) in [6.07, 6.45) is 6.53. The molecule has 0 N–H and O–H groups in total. The summed E-state index contributed by atoms with van der Waals surface area (Å²) < 4.78 is 0. The first-order valence-corrected chi connectivity index (χ1v) is 11.2. The quantitative estimate of drug-likeness (QED) is 0.440. The minimum Gasteiger partial charge on any atom is -0.311 e. The molecule has 1 aromatic carbocycles. The number of para-hydroxylation sites is 1. The number of amides is 1. The number of anilines is 1. The summed E-state index contributed by atoms with van der Waals surface area (Å²) in [6, 6.07) is 11.7. The number of nitriles is 1. The maximum absolute atomic E-state index is 12.9. The average molecular weight is 409 g/mol. The number of aryl methyl sites for hydroxylation is 2. The third-order valence-electron chi connectivity index (χ3n) is 4.87. The Hall–Kier alpha value is -2.43. The van der Waals surface area contributed by atoms with Crippen LogP contribution in [0.3, 0.4) is 0 Å². The molecule has 142 valence electrons. The van der Waals surface area contributed by atoms with Gasteiger partial charge in [-0.25, -0.2) is 9.97 Å². The number of fused-ring (bicyclic) bond motifs is 3. The highest BCUT2D eigenvalue weighted by Crippen LogP contribution is 2.39. The van der Waals surface area contributed by atoms with Gasteiger partial charge in [0.25, 0.3) is 0 Å². The number of thiophene rings is 1. The molecule has 1 amide bonds. The Morgan fingerprint density at radius 3 is 2.86 bits per heavy atom. The number of carbonyl (C=O) groups excluding carboxylic acids is 1. The minimum absolute atomic E-state index is 0.0118. The van der Waals surface area contributed by atoms with Crippen molar-refractivity contribution in [2.45, 2.75) is 37.1 Å². The molecule has 4 rings (SSSR count). The summed E-state index contributed by atoms with van der Waals surface area (Å²) in [5.74, 6) is 0.277. The lowest BCUT2D eigenvalue weighted by atomic mass is 9.97. The highest BCUT2D eigenvalue weighted by Gasteiger charge is 2.21. The van der Waals surface area contributed by atoms with Crippen molar-refractivity contribution in [3.8, 4) is 6.07 Å². The normalized spacial score (nSPS) is 13.1. The van der Waals surface area contributed by atoms with E-state index >= 15 is 0 Å². The molecular weight excluding hydrogens is 388 g/mol. The number of benzene rings is 1. The predicted molar refractivity (Wildman–Crippen MR) is 114 cm³/mol. The van der Waals surface area contributed by atoms with E-state index in [0.29, 0.717) is 13.0 Å². The molecular formula is C21H20N4OS2. The molecule has 0 atom stereocenters. The van der Waals surface area contributed by atoms with Crippen molar-refractivity contribution in [1.29, 1.82) is 5.26 Å². The highest BCUT2D eigenvalue weighted by molar-refractivity contribution is 8.00. The van der Waals surface area contributed by atoms with Crippen molar-refractivity contribution in [3.63, 3.8) is 0 Å². The number of nitrogens with zero attached hydrogens (tertiary/aromatic N) is 4. The van der Waals surface area contributed by atoms with Crippen LogP contribution in [-0.2, 0) is 17.6 Å². The minimum atomic E-state index is -0.0118. The molecule has 0 saturated carbocycles. The van der Waals surface area contributed by atoms with Gasteiger partial charge in [-0.1, -0.05) is 30.0 Å². The van der Waals surface area contributed by atoms with Crippen molar-refractivity contribution < 1.29 is 4.79 Å². The summed E-state index contributed by atoms with van der Waals surface area (Å²) in [6.45, 7) is 0.396. The molecule has 1 aliphatic carbocycles. The summed E-state index contributed by atoms with van der Waals surface area (Å²) in [4.78, 5) is 26.0. The molecule has 1 aliphatic rings. The number of hydrogen-bond donors (Lipinski definition) is 0. The van der Waals surface area contributed by atoms with Crippen LogP contribution >= 0.6 is 23.1 Å². The van der Waals surface area contributed by atoms with E-state index in [9.17, 15) is 4.79 Å². The molecule has 5 nitrogen and oxygen atoms in total.